The summed E-state index contributed by atoms with van der Waals surface area (Å²) >= 11 is 1.54. The van der Waals surface area contributed by atoms with E-state index in [4.69, 9.17) is 28.7 Å². The zero-order valence-electron chi connectivity index (χ0n) is 45.5. The second-order valence-electron chi connectivity index (χ2n) is 21.4. The van der Waals surface area contributed by atoms with Crippen molar-refractivity contribution in [1.29, 1.82) is 5.26 Å². The maximum Gasteiger partial charge on any atom is 0.318 e. The van der Waals surface area contributed by atoms with Crippen LogP contribution >= 0.6 is 11.3 Å². The number of likely N-dealkylation sites (N-methyl/N-ethyl adjacent to an activating group) is 1. The Bertz CT molecular complexity index is 3220. The van der Waals surface area contributed by atoms with Crippen molar-refractivity contribution in [3.05, 3.63) is 119 Å². The van der Waals surface area contributed by atoms with Crippen molar-refractivity contribution >= 4 is 51.3 Å². The number of amides is 3. The van der Waals surface area contributed by atoms with E-state index in [1.165, 1.54) is 33.1 Å². The van der Waals surface area contributed by atoms with Gasteiger partial charge in [0.1, 0.15) is 42.5 Å². The molecule has 3 saturated heterocycles. The number of aromatic nitrogens is 4. The first-order chi connectivity index (χ1) is 38.3. The number of aliphatic hydroxyl groups is 1. The molecule has 4 aliphatic rings. The number of β-amino-alcohol motifs (C(OH)–C–C–N with tert-alkyl or cyclic N) is 1. The van der Waals surface area contributed by atoms with Crippen molar-refractivity contribution in [2.75, 3.05) is 75.9 Å². The number of aliphatic hydroxyl groups excluding tert-OH is 1. The first kappa shape index (κ1) is 54.9. The summed E-state index contributed by atoms with van der Waals surface area (Å²) in [6.07, 6.45) is 2.10. The van der Waals surface area contributed by atoms with Gasteiger partial charge >= 0.3 is 6.01 Å². The predicted octanol–water partition coefficient (Wildman–Crippen LogP) is 6.60. The number of nitrogens with one attached hydrogen (secondary N) is 1. The highest BCUT2D eigenvalue weighted by Gasteiger charge is 2.43. The monoisotopic (exact) mass is 1090 g/mol. The normalized spacial score (nSPS) is 20.8. The Morgan fingerprint density at radius 1 is 0.962 bits per heavy atom. The molecule has 414 valence electrons. The van der Waals surface area contributed by atoms with Crippen LogP contribution in [0, 0.1) is 31.1 Å². The van der Waals surface area contributed by atoms with Gasteiger partial charge in [0.25, 0.3) is 0 Å². The van der Waals surface area contributed by atoms with Crippen molar-refractivity contribution < 1.29 is 38.2 Å². The Kier molecular flexibility index (Phi) is 16.9. The highest BCUT2D eigenvalue weighted by molar-refractivity contribution is 7.13. The summed E-state index contributed by atoms with van der Waals surface area (Å²) in [6, 6.07) is 23.8. The van der Waals surface area contributed by atoms with Crippen molar-refractivity contribution in [3.63, 3.8) is 0 Å². The molecule has 3 aromatic heterocycles. The lowest BCUT2D eigenvalue weighted by atomic mass is 9.91. The smallest absolute Gasteiger partial charge is 0.318 e. The lowest BCUT2D eigenvalue weighted by Gasteiger charge is -2.42. The average Bonchev–Trinajstić information content (AvgIpc) is 4.29. The second kappa shape index (κ2) is 24.3. The Morgan fingerprint density at radius 3 is 2.57 bits per heavy atom. The van der Waals surface area contributed by atoms with E-state index in [0.29, 0.717) is 76.0 Å². The number of rotatable bonds is 19. The molecular formula is C59H69N11O8S. The zero-order chi connectivity index (χ0) is 55.3. The summed E-state index contributed by atoms with van der Waals surface area (Å²) in [5, 5.41) is 29.9. The Labute approximate surface area is 464 Å². The fourth-order valence-electron chi connectivity index (χ4n) is 11.6. The number of carbonyl (C=O) groups is 3. The van der Waals surface area contributed by atoms with E-state index in [0.717, 1.165) is 51.0 Å². The topological polar surface area (TPSA) is 216 Å². The molecule has 3 amide bonds. The third kappa shape index (κ3) is 12.1. The van der Waals surface area contributed by atoms with E-state index in [1.54, 1.807) is 17.9 Å². The molecule has 2 unspecified atom stereocenters. The van der Waals surface area contributed by atoms with Gasteiger partial charge in [-0.2, -0.15) is 15.2 Å². The molecule has 0 spiro atoms. The molecule has 0 aliphatic carbocycles. The molecule has 3 fully saturated rings. The Morgan fingerprint density at radius 2 is 1.80 bits per heavy atom. The third-order valence-corrected chi connectivity index (χ3v) is 16.7. The van der Waals surface area contributed by atoms with E-state index in [-0.39, 0.29) is 80.4 Å². The van der Waals surface area contributed by atoms with Gasteiger partial charge in [-0.05, 0) is 68.8 Å². The fraction of sp³-hybridized carbons (Fsp3) is 0.458. The van der Waals surface area contributed by atoms with Crippen molar-refractivity contribution in [2.24, 2.45) is 5.92 Å². The molecule has 19 nitrogen and oxygen atoms in total. The molecule has 10 rings (SSSR count). The van der Waals surface area contributed by atoms with Gasteiger partial charge in [-0.15, -0.1) is 11.3 Å². The summed E-state index contributed by atoms with van der Waals surface area (Å²) < 4.78 is 25.0. The number of likely N-dealkylation sites (tertiary alicyclic amines) is 2. The van der Waals surface area contributed by atoms with Crippen LogP contribution in [0.3, 0.4) is 0 Å². The van der Waals surface area contributed by atoms with Crippen molar-refractivity contribution in [3.8, 4) is 28.3 Å². The van der Waals surface area contributed by atoms with Crippen LogP contribution in [-0.2, 0) is 38.6 Å². The van der Waals surface area contributed by atoms with Gasteiger partial charge in [-0.25, -0.2) is 4.98 Å². The number of fused-ring (bicyclic) bond motifs is 2. The number of carbonyl (C=O) groups excluding carboxylic acids is 3. The number of nitrogens with zero attached hydrogens (tertiary/aromatic N) is 10. The number of hydrogen-bond donors (Lipinski definition) is 2. The molecule has 2 N–H and O–H groups in total. The van der Waals surface area contributed by atoms with Gasteiger partial charge < -0.3 is 48.8 Å². The SMILES string of the molecule is C=CC(=O)N1CCN(c2nc(OC[C@@H]3C[C@@H](OCCOc4cc(-c5scnc5C)ccc4CNC(=O)C4CC(O)CN4C(=O)[C@H](c4cc(C)no4)C(C)C)CN3C)nc3c2CCN(c2cccc4ccccc24)C3)C[C@@H]1CC#N. The van der Waals surface area contributed by atoms with Crippen molar-refractivity contribution in [2.45, 2.75) is 103 Å². The molecule has 3 aromatic carbocycles. The summed E-state index contributed by atoms with van der Waals surface area (Å²) in [5.74, 6) is 0.171. The highest BCUT2D eigenvalue weighted by Crippen LogP contribution is 2.37. The number of aryl methyl sites for hydroxylation is 2. The van der Waals surface area contributed by atoms with Crippen LogP contribution in [0.2, 0.25) is 0 Å². The van der Waals surface area contributed by atoms with Crippen LogP contribution in [0.15, 0.2) is 89.4 Å². The average molecular weight is 1090 g/mol. The molecule has 0 bridgehead atoms. The van der Waals surface area contributed by atoms with Crippen LogP contribution in [0.4, 0.5) is 11.5 Å². The summed E-state index contributed by atoms with van der Waals surface area (Å²) in [6.45, 7) is 15.8. The van der Waals surface area contributed by atoms with Crippen LogP contribution in [0.5, 0.6) is 11.8 Å². The number of anilines is 2. The standard InChI is InChI=1S/C59H69N11O8S/c1-7-53(72)69-22-21-68(30-42(69)17-19-60)56-47-18-20-67(49-14-10-12-39-11-8-9-13-46(39)49)33-48(47)63-59(64-56)77-34-43-27-45(32-66(43)6)75-23-24-76-51-26-40(55-38(5)62-35-79-55)15-16-41(51)29-61-57(73)50-28-44(71)31-70(50)58(74)54(36(2)3)52-25-37(4)65-78-52/h7-16,25-26,35-36,42-45,50,54,71H,1,17-18,20-24,27-34H2,2-6H3,(H,61,73)/t42-,43-,44?,45+,50?,54-/m0/s1. The van der Waals surface area contributed by atoms with Crippen molar-refractivity contribution in [1.82, 2.24) is 40.1 Å². The van der Waals surface area contributed by atoms with Crippen LogP contribution < -0.4 is 24.6 Å². The van der Waals surface area contributed by atoms with Gasteiger partial charge in [0.05, 0.1) is 71.4 Å². The highest BCUT2D eigenvalue weighted by atomic mass is 32.1. The Balaban J connectivity index is 0.790. The molecule has 6 atom stereocenters. The summed E-state index contributed by atoms with van der Waals surface area (Å²) in [5.41, 5.74) is 8.14. The molecule has 0 saturated carbocycles. The van der Waals surface area contributed by atoms with E-state index < -0.39 is 18.1 Å². The van der Waals surface area contributed by atoms with E-state index in [2.05, 4.69) is 92.3 Å². The van der Waals surface area contributed by atoms with Gasteiger partial charge in [0, 0.05) is 86.5 Å². The number of hydrogen-bond acceptors (Lipinski definition) is 17. The van der Waals surface area contributed by atoms with Gasteiger partial charge in [0.2, 0.25) is 17.7 Å². The third-order valence-electron chi connectivity index (χ3n) is 15.7. The lowest BCUT2D eigenvalue weighted by molar-refractivity contribution is -0.141. The molecule has 20 heteroatoms. The van der Waals surface area contributed by atoms with Crippen LogP contribution in [-0.4, -0.2) is 154 Å². The molecule has 6 aromatic rings. The minimum Gasteiger partial charge on any atom is -0.491 e. The number of piperazine rings is 1. The number of benzene rings is 3. The minimum atomic E-state index is -0.870. The lowest BCUT2D eigenvalue weighted by Crippen LogP contribution is -2.55. The maximum absolute atomic E-state index is 14.0. The van der Waals surface area contributed by atoms with Crippen LogP contribution in [0.25, 0.3) is 21.2 Å². The molecular weight excluding hydrogens is 1020 g/mol. The number of thiazole rings is 1. The number of ether oxygens (including phenoxy) is 3. The first-order valence-electron chi connectivity index (χ1n) is 27.2. The summed E-state index contributed by atoms with van der Waals surface area (Å²) in [4.78, 5) is 66.5. The van der Waals surface area contributed by atoms with Crippen LogP contribution in [0.1, 0.15) is 73.0 Å². The second-order valence-corrected chi connectivity index (χ2v) is 22.3. The van der Waals surface area contributed by atoms with E-state index >= 15 is 0 Å². The fourth-order valence-corrected chi connectivity index (χ4v) is 12.4. The Hall–Kier alpha value is -7.44. The largest absolute Gasteiger partial charge is 0.491 e. The summed E-state index contributed by atoms with van der Waals surface area (Å²) in [7, 11) is 2.06. The van der Waals surface area contributed by atoms with Gasteiger partial charge in [-0.1, -0.05) is 74.1 Å². The predicted molar refractivity (Wildman–Crippen MR) is 300 cm³/mol. The molecule has 0 radical (unpaired) electrons. The maximum atomic E-state index is 14.0. The number of nitriles is 1. The molecule has 7 heterocycles. The first-order valence-corrected chi connectivity index (χ1v) is 28.1. The van der Waals surface area contributed by atoms with Gasteiger partial charge in [0.15, 0.2) is 0 Å². The quantitative estimate of drug-likeness (QED) is 0.0645. The van der Waals surface area contributed by atoms with Gasteiger partial charge in [-0.3, -0.25) is 19.3 Å². The molecule has 79 heavy (non-hydrogen) atoms. The van der Waals surface area contributed by atoms with E-state index in [9.17, 15) is 24.8 Å². The zero-order valence-corrected chi connectivity index (χ0v) is 46.4. The van der Waals surface area contributed by atoms with E-state index in [1.807, 2.05) is 44.5 Å². The minimum absolute atomic E-state index is 0.0130. The molecule has 4 aliphatic heterocycles.